The number of rotatable bonds is 7. The summed E-state index contributed by atoms with van der Waals surface area (Å²) in [5, 5.41) is 12.6. The first-order valence-electron chi connectivity index (χ1n) is 9.68. The molecule has 4 nitrogen and oxygen atoms in total. The monoisotopic (exact) mass is 434 g/mol. The molecule has 0 aliphatic carbocycles. The first-order chi connectivity index (χ1) is 15.0. The SMILES string of the molecule is CCc1ccccc1NC(=O)/C(C#N)=C/c1ccc(OCc2cccc(F)c2)c(Cl)c1. The predicted molar refractivity (Wildman–Crippen MR) is 120 cm³/mol. The van der Waals surface area contributed by atoms with Crippen molar-refractivity contribution in [3.8, 4) is 11.8 Å². The van der Waals surface area contributed by atoms with Crippen molar-refractivity contribution in [2.75, 3.05) is 5.32 Å². The summed E-state index contributed by atoms with van der Waals surface area (Å²) in [5.74, 6) is -0.412. The van der Waals surface area contributed by atoms with Gasteiger partial charge in [-0.15, -0.1) is 0 Å². The number of carbonyl (C=O) groups excluding carboxylic acids is 1. The lowest BCUT2D eigenvalue weighted by Gasteiger charge is -2.10. The molecular weight excluding hydrogens is 415 g/mol. The summed E-state index contributed by atoms with van der Waals surface area (Å²) in [6, 6.07) is 20.4. The van der Waals surface area contributed by atoms with Crippen LogP contribution in [-0.2, 0) is 17.8 Å². The zero-order valence-electron chi connectivity index (χ0n) is 16.9. The van der Waals surface area contributed by atoms with Gasteiger partial charge in [-0.2, -0.15) is 5.26 Å². The van der Waals surface area contributed by atoms with Crippen molar-refractivity contribution in [3.63, 3.8) is 0 Å². The Morgan fingerprint density at radius 2 is 1.97 bits per heavy atom. The van der Waals surface area contributed by atoms with Crippen LogP contribution in [0.4, 0.5) is 10.1 Å². The number of nitrogens with zero attached hydrogens (tertiary/aromatic N) is 1. The number of amides is 1. The van der Waals surface area contributed by atoms with E-state index in [9.17, 15) is 14.4 Å². The van der Waals surface area contributed by atoms with Crippen LogP contribution in [0.2, 0.25) is 5.02 Å². The minimum absolute atomic E-state index is 0.0459. The van der Waals surface area contributed by atoms with Crippen LogP contribution in [0.3, 0.4) is 0 Å². The quantitative estimate of drug-likeness (QED) is 0.357. The Morgan fingerprint density at radius 1 is 1.16 bits per heavy atom. The smallest absolute Gasteiger partial charge is 0.266 e. The normalized spacial score (nSPS) is 11.0. The standard InChI is InChI=1S/C25H20ClFN2O2/c1-2-19-7-3-4-9-23(19)29-25(30)20(15-28)12-17-10-11-24(22(26)14-17)31-16-18-6-5-8-21(27)13-18/h3-14H,2,16H2,1H3,(H,29,30)/b20-12+. The summed E-state index contributed by atoms with van der Waals surface area (Å²) in [5.41, 5.74) is 2.87. The summed E-state index contributed by atoms with van der Waals surface area (Å²) in [7, 11) is 0. The van der Waals surface area contributed by atoms with E-state index in [1.54, 1.807) is 36.4 Å². The molecular formula is C25H20ClFN2O2. The third-order valence-electron chi connectivity index (χ3n) is 4.56. The van der Waals surface area contributed by atoms with Crippen LogP contribution in [0.25, 0.3) is 6.08 Å². The van der Waals surface area contributed by atoms with E-state index in [2.05, 4.69) is 5.32 Å². The lowest BCUT2D eigenvalue weighted by Crippen LogP contribution is -2.14. The van der Waals surface area contributed by atoms with Gasteiger partial charge in [0.15, 0.2) is 0 Å². The Bertz CT molecular complexity index is 1170. The number of aryl methyl sites for hydroxylation is 1. The van der Waals surface area contributed by atoms with Gasteiger partial charge < -0.3 is 10.1 Å². The number of nitrogens with one attached hydrogen (secondary N) is 1. The van der Waals surface area contributed by atoms with E-state index in [1.807, 2.05) is 31.2 Å². The molecule has 0 radical (unpaired) electrons. The molecule has 3 aromatic rings. The molecule has 0 aliphatic heterocycles. The van der Waals surface area contributed by atoms with Gasteiger partial charge in [-0.05, 0) is 59.5 Å². The van der Waals surface area contributed by atoms with Gasteiger partial charge in [-0.1, -0.05) is 54.9 Å². The molecule has 1 N–H and O–H groups in total. The molecule has 6 heteroatoms. The maximum absolute atomic E-state index is 13.3. The van der Waals surface area contributed by atoms with Crippen molar-refractivity contribution < 1.29 is 13.9 Å². The van der Waals surface area contributed by atoms with Crippen LogP contribution in [0.1, 0.15) is 23.6 Å². The highest BCUT2D eigenvalue weighted by Gasteiger charge is 2.12. The van der Waals surface area contributed by atoms with Gasteiger partial charge in [-0.3, -0.25) is 4.79 Å². The second kappa shape index (κ2) is 10.4. The second-order valence-corrected chi connectivity index (χ2v) is 7.15. The van der Waals surface area contributed by atoms with E-state index in [0.717, 1.165) is 12.0 Å². The van der Waals surface area contributed by atoms with Gasteiger partial charge >= 0.3 is 0 Å². The van der Waals surface area contributed by atoms with Gasteiger partial charge in [0.2, 0.25) is 0 Å². The molecule has 0 saturated heterocycles. The molecule has 3 rings (SSSR count). The molecule has 0 heterocycles. The molecule has 0 atom stereocenters. The molecule has 0 aromatic heterocycles. The third kappa shape index (κ3) is 5.94. The Hall–Kier alpha value is -3.62. The molecule has 0 saturated carbocycles. The van der Waals surface area contributed by atoms with E-state index in [4.69, 9.17) is 16.3 Å². The first-order valence-corrected chi connectivity index (χ1v) is 10.1. The number of hydrogen-bond donors (Lipinski definition) is 1. The van der Waals surface area contributed by atoms with Crippen molar-refractivity contribution in [3.05, 3.63) is 99.8 Å². The van der Waals surface area contributed by atoms with Crippen LogP contribution in [0, 0.1) is 17.1 Å². The van der Waals surface area contributed by atoms with Gasteiger partial charge in [0, 0.05) is 5.69 Å². The van der Waals surface area contributed by atoms with Crippen molar-refractivity contribution in [2.24, 2.45) is 0 Å². The van der Waals surface area contributed by atoms with Crippen LogP contribution in [0.5, 0.6) is 5.75 Å². The fraction of sp³-hybridized carbons (Fsp3) is 0.120. The van der Waals surface area contributed by atoms with Gasteiger partial charge in [0.1, 0.15) is 29.8 Å². The number of anilines is 1. The van der Waals surface area contributed by atoms with Gasteiger partial charge in [0.25, 0.3) is 5.91 Å². The van der Waals surface area contributed by atoms with E-state index in [-0.39, 0.29) is 18.0 Å². The highest BCUT2D eigenvalue weighted by Crippen LogP contribution is 2.27. The Balaban J connectivity index is 1.73. The maximum Gasteiger partial charge on any atom is 0.266 e. The fourth-order valence-corrected chi connectivity index (χ4v) is 3.21. The molecule has 0 spiro atoms. The first kappa shape index (κ1) is 22.1. The van der Waals surface area contributed by atoms with Crippen LogP contribution >= 0.6 is 11.6 Å². The highest BCUT2D eigenvalue weighted by atomic mass is 35.5. The molecule has 1 amide bonds. The Labute approximate surface area is 185 Å². The number of halogens is 2. The van der Waals surface area contributed by atoms with E-state index >= 15 is 0 Å². The lowest BCUT2D eigenvalue weighted by atomic mass is 10.1. The minimum Gasteiger partial charge on any atom is -0.487 e. The van der Waals surface area contributed by atoms with Crippen molar-refractivity contribution in [2.45, 2.75) is 20.0 Å². The van der Waals surface area contributed by atoms with Crippen LogP contribution in [0.15, 0.2) is 72.3 Å². The largest absolute Gasteiger partial charge is 0.487 e. The number of para-hydroxylation sites is 1. The number of carbonyl (C=O) groups is 1. The molecule has 31 heavy (non-hydrogen) atoms. The summed E-state index contributed by atoms with van der Waals surface area (Å²) in [6.07, 6.45) is 2.22. The number of ether oxygens (including phenoxy) is 1. The molecule has 156 valence electrons. The Morgan fingerprint density at radius 3 is 2.68 bits per heavy atom. The van der Waals surface area contributed by atoms with E-state index < -0.39 is 5.91 Å². The zero-order valence-corrected chi connectivity index (χ0v) is 17.6. The maximum atomic E-state index is 13.3. The summed E-state index contributed by atoms with van der Waals surface area (Å²) >= 11 is 6.29. The summed E-state index contributed by atoms with van der Waals surface area (Å²) < 4.78 is 18.9. The molecule has 0 unspecified atom stereocenters. The third-order valence-corrected chi connectivity index (χ3v) is 4.86. The predicted octanol–water partition coefficient (Wildman–Crippen LogP) is 6.17. The minimum atomic E-state index is -0.494. The highest BCUT2D eigenvalue weighted by molar-refractivity contribution is 6.32. The van der Waals surface area contributed by atoms with Crippen molar-refractivity contribution >= 4 is 29.3 Å². The molecule has 0 aliphatic rings. The van der Waals surface area contributed by atoms with Gasteiger partial charge in [0.05, 0.1) is 5.02 Å². The van der Waals surface area contributed by atoms with Crippen LogP contribution in [-0.4, -0.2) is 5.91 Å². The lowest BCUT2D eigenvalue weighted by molar-refractivity contribution is -0.112. The van der Waals surface area contributed by atoms with Crippen molar-refractivity contribution in [1.82, 2.24) is 0 Å². The van der Waals surface area contributed by atoms with Crippen LogP contribution < -0.4 is 10.1 Å². The average Bonchev–Trinajstić information content (AvgIpc) is 2.77. The Kier molecular flexibility index (Phi) is 7.42. The topological polar surface area (TPSA) is 62.1 Å². The van der Waals surface area contributed by atoms with E-state index in [1.165, 1.54) is 18.2 Å². The average molecular weight is 435 g/mol. The van der Waals surface area contributed by atoms with Crippen molar-refractivity contribution in [1.29, 1.82) is 5.26 Å². The number of nitriles is 1. The molecule has 3 aromatic carbocycles. The fourth-order valence-electron chi connectivity index (χ4n) is 2.97. The van der Waals surface area contributed by atoms with E-state index in [0.29, 0.717) is 27.6 Å². The summed E-state index contributed by atoms with van der Waals surface area (Å²) in [6.45, 7) is 2.15. The second-order valence-electron chi connectivity index (χ2n) is 6.74. The molecule has 0 fully saturated rings. The summed E-state index contributed by atoms with van der Waals surface area (Å²) in [4.78, 5) is 12.6. The number of benzene rings is 3. The number of hydrogen-bond acceptors (Lipinski definition) is 3. The molecule has 0 bridgehead atoms. The zero-order chi connectivity index (χ0) is 22.2. The van der Waals surface area contributed by atoms with Gasteiger partial charge in [-0.25, -0.2) is 4.39 Å².